The molecule has 0 aliphatic carbocycles. The maximum atomic E-state index is 14.2. The number of pyridine rings is 2. The molecule has 206 valence electrons. The quantitative estimate of drug-likeness (QED) is 0.256. The van der Waals surface area contributed by atoms with Crippen LogP contribution < -0.4 is 16.6 Å². The molecule has 2 heterocycles. The second-order valence-corrected chi connectivity index (χ2v) is 9.48. The molecule has 2 aromatic heterocycles. The van der Waals surface area contributed by atoms with Crippen molar-refractivity contribution in [2.45, 2.75) is 18.9 Å². The van der Waals surface area contributed by atoms with Crippen LogP contribution in [0.3, 0.4) is 0 Å². The zero-order valence-corrected chi connectivity index (χ0v) is 21.5. The summed E-state index contributed by atoms with van der Waals surface area (Å²) in [6, 6.07) is 17.6. The van der Waals surface area contributed by atoms with E-state index < -0.39 is 35.3 Å². The lowest BCUT2D eigenvalue weighted by Crippen LogP contribution is -2.32. The summed E-state index contributed by atoms with van der Waals surface area (Å²) < 4.78 is 42.3. The molecule has 2 amide bonds. The Bertz CT molecular complexity index is 1830. The van der Waals surface area contributed by atoms with E-state index >= 15 is 0 Å². The van der Waals surface area contributed by atoms with Crippen LogP contribution in [0.5, 0.6) is 0 Å². The monoisotopic (exact) mass is 556 g/mol. The summed E-state index contributed by atoms with van der Waals surface area (Å²) in [6.07, 6.45) is 1.26. The summed E-state index contributed by atoms with van der Waals surface area (Å²) in [5, 5.41) is 3.58. The minimum atomic E-state index is -0.958. The summed E-state index contributed by atoms with van der Waals surface area (Å²) >= 11 is 0. The van der Waals surface area contributed by atoms with Gasteiger partial charge >= 0.3 is 0 Å². The van der Waals surface area contributed by atoms with Crippen molar-refractivity contribution in [3.8, 4) is 11.1 Å². The highest BCUT2D eigenvalue weighted by molar-refractivity contribution is 5.94. The van der Waals surface area contributed by atoms with Gasteiger partial charge in [0.1, 0.15) is 17.5 Å². The standard InChI is InChI=1S/C31H23F3N4O3/c32-20-10-17(11-21(33)16-20)12-27(38-29(40)15-19-14-28(39)37-26-6-2-1-4-22(19)26)30-23(5-3-9-36-30)18-7-8-25(34)24(13-18)31(35)41/h1-11,13-14,16,27H,12,15H2,(H2,35,41)(H,37,39)(H,38,40)/t27-/m0/s1. The average molecular weight is 557 g/mol. The molecule has 10 heteroatoms. The Balaban J connectivity index is 1.55. The van der Waals surface area contributed by atoms with Gasteiger partial charge in [0, 0.05) is 34.8 Å². The molecule has 5 aromatic rings. The van der Waals surface area contributed by atoms with E-state index in [0.717, 1.165) is 24.3 Å². The zero-order valence-electron chi connectivity index (χ0n) is 21.5. The number of primary amides is 1. The van der Waals surface area contributed by atoms with Gasteiger partial charge in [-0.1, -0.05) is 30.3 Å². The molecule has 4 N–H and O–H groups in total. The van der Waals surface area contributed by atoms with E-state index in [1.807, 2.05) is 0 Å². The molecule has 1 atom stereocenters. The molecule has 0 spiro atoms. The lowest BCUT2D eigenvalue weighted by Gasteiger charge is -2.22. The minimum absolute atomic E-state index is 0.0512. The number of H-pyrrole nitrogens is 1. The summed E-state index contributed by atoms with van der Waals surface area (Å²) in [4.78, 5) is 44.6. The lowest BCUT2D eigenvalue weighted by atomic mass is 9.94. The number of para-hydroxylation sites is 1. The van der Waals surface area contributed by atoms with Gasteiger partial charge in [-0.25, -0.2) is 13.2 Å². The number of aromatic nitrogens is 2. The second kappa shape index (κ2) is 11.5. The van der Waals surface area contributed by atoms with Crippen LogP contribution in [0.1, 0.15) is 33.2 Å². The van der Waals surface area contributed by atoms with Gasteiger partial charge in [0.15, 0.2) is 0 Å². The Hall–Kier alpha value is -5.25. The van der Waals surface area contributed by atoms with Gasteiger partial charge in [-0.3, -0.25) is 19.4 Å². The molecule has 0 bridgehead atoms. The van der Waals surface area contributed by atoms with Crippen LogP contribution in [0.15, 0.2) is 89.9 Å². The molecule has 0 aliphatic heterocycles. The second-order valence-electron chi connectivity index (χ2n) is 9.48. The van der Waals surface area contributed by atoms with Gasteiger partial charge in [-0.05, 0) is 59.5 Å². The molecule has 0 fully saturated rings. The predicted molar refractivity (Wildman–Crippen MR) is 147 cm³/mol. The Labute approximate surface area is 231 Å². The number of carbonyl (C=O) groups excluding carboxylic acids is 2. The number of hydrogen-bond donors (Lipinski definition) is 3. The largest absolute Gasteiger partial charge is 0.366 e. The Kier molecular flexibility index (Phi) is 7.64. The number of benzene rings is 3. The van der Waals surface area contributed by atoms with Crippen LogP contribution in [0.4, 0.5) is 13.2 Å². The highest BCUT2D eigenvalue weighted by atomic mass is 19.1. The van der Waals surface area contributed by atoms with E-state index in [9.17, 15) is 27.6 Å². The molecule has 7 nitrogen and oxygen atoms in total. The summed E-state index contributed by atoms with van der Waals surface area (Å²) in [5.41, 5.74) is 7.10. The van der Waals surface area contributed by atoms with Crippen LogP contribution >= 0.6 is 0 Å². The number of hydrogen-bond acceptors (Lipinski definition) is 4. The number of fused-ring (bicyclic) bond motifs is 1. The topological polar surface area (TPSA) is 118 Å². The number of aromatic amines is 1. The van der Waals surface area contributed by atoms with Crippen molar-refractivity contribution >= 4 is 22.7 Å². The van der Waals surface area contributed by atoms with Crippen LogP contribution in [0, 0.1) is 17.5 Å². The Morgan fingerprint density at radius 3 is 2.44 bits per heavy atom. The third kappa shape index (κ3) is 6.17. The fourth-order valence-electron chi connectivity index (χ4n) is 4.84. The van der Waals surface area contributed by atoms with E-state index in [4.69, 9.17) is 5.73 Å². The van der Waals surface area contributed by atoms with Crippen molar-refractivity contribution in [3.63, 3.8) is 0 Å². The summed E-state index contributed by atoms with van der Waals surface area (Å²) in [6.45, 7) is 0. The third-order valence-corrected chi connectivity index (χ3v) is 6.60. The first-order chi connectivity index (χ1) is 19.7. The molecule has 0 saturated heterocycles. The molecule has 0 unspecified atom stereocenters. The summed E-state index contributed by atoms with van der Waals surface area (Å²) in [7, 11) is 0. The fourth-order valence-corrected chi connectivity index (χ4v) is 4.84. The zero-order chi connectivity index (χ0) is 29.1. The number of nitrogens with one attached hydrogen (secondary N) is 2. The minimum Gasteiger partial charge on any atom is -0.366 e. The van der Waals surface area contributed by atoms with Gasteiger partial charge in [-0.2, -0.15) is 0 Å². The smallest absolute Gasteiger partial charge is 0.251 e. The van der Waals surface area contributed by atoms with Gasteiger partial charge in [-0.15, -0.1) is 0 Å². The Morgan fingerprint density at radius 2 is 1.68 bits per heavy atom. The molecular formula is C31H23F3N4O3. The van der Waals surface area contributed by atoms with Crippen LogP contribution in [0.2, 0.25) is 0 Å². The van der Waals surface area contributed by atoms with Crippen molar-refractivity contribution in [2.75, 3.05) is 0 Å². The van der Waals surface area contributed by atoms with Gasteiger partial charge < -0.3 is 16.0 Å². The number of halogens is 3. The Morgan fingerprint density at radius 1 is 0.927 bits per heavy atom. The maximum Gasteiger partial charge on any atom is 0.251 e. The first kappa shape index (κ1) is 27.3. The predicted octanol–water partition coefficient (Wildman–Crippen LogP) is 4.75. The van der Waals surface area contributed by atoms with Crippen LogP contribution in [0.25, 0.3) is 22.0 Å². The third-order valence-electron chi connectivity index (χ3n) is 6.60. The van der Waals surface area contributed by atoms with Crippen LogP contribution in [-0.2, 0) is 17.6 Å². The molecule has 0 radical (unpaired) electrons. The first-order valence-corrected chi connectivity index (χ1v) is 12.6. The van der Waals surface area contributed by atoms with Crippen molar-refractivity contribution in [1.29, 1.82) is 0 Å². The van der Waals surface area contributed by atoms with E-state index in [-0.39, 0.29) is 29.5 Å². The van der Waals surface area contributed by atoms with E-state index in [0.29, 0.717) is 33.3 Å². The van der Waals surface area contributed by atoms with Crippen molar-refractivity contribution < 1.29 is 22.8 Å². The number of carbonyl (C=O) groups is 2. The summed E-state index contributed by atoms with van der Waals surface area (Å²) in [5.74, 6) is -3.80. The lowest BCUT2D eigenvalue weighted by molar-refractivity contribution is -0.121. The highest BCUT2D eigenvalue weighted by Gasteiger charge is 2.23. The number of rotatable bonds is 8. The number of nitrogens with zero attached hydrogens (tertiary/aromatic N) is 1. The molecule has 3 aromatic carbocycles. The first-order valence-electron chi connectivity index (χ1n) is 12.6. The fraction of sp³-hybridized carbons (Fsp3) is 0.0968. The van der Waals surface area contributed by atoms with Gasteiger partial charge in [0.2, 0.25) is 11.5 Å². The number of amides is 2. The van der Waals surface area contributed by atoms with Crippen LogP contribution in [-0.4, -0.2) is 21.8 Å². The molecule has 0 saturated carbocycles. The van der Waals surface area contributed by atoms with E-state index in [1.165, 1.54) is 24.4 Å². The van der Waals surface area contributed by atoms with Crippen molar-refractivity contribution in [2.24, 2.45) is 5.73 Å². The highest BCUT2D eigenvalue weighted by Crippen LogP contribution is 2.30. The van der Waals surface area contributed by atoms with Crippen molar-refractivity contribution in [3.05, 3.63) is 135 Å². The van der Waals surface area contributed by atoms with Gasteiger partial charge in [0.25, 0.3) is 5.91 Å². The van der Waals surface area contributed by atoms with E-state index in [2.05, 4.69) is 15.3 Å². The van der Waals surface area contributed by atoms with E-state index in [1.54, 1.807) is 36.4 Å². The maximum absolute atomic E-state index is 14.2. The molecule has 0 aliphatic rings. The number of nitrogens with two attached hydrogens (primary N) is 1. The molecular weight excluding hydrogens is 533 g/mol. The average Bonchev–Trinajstić information content (AvgIpc) is 2.92. The molecule has 5 rings (SSSR count). The normalized spacial score (nSPS) is 11.8. The van der Waals surface area contributed by atoms with Gasteiger partial charge in [0.05, 0.1) is 23.7 Å². The van der Waals surface area contributed by atoms with Crippen molar-refractivity contribution in [1.82, 2.24) is 15.3 Å². The SMILES string of the molecule is NC(=O)c1cc(-c2cccnc2[C@H](Cc2cc(F)cc(F)c2)NC(=O)Cc2cc(=O)[nH]c3ccccc23)ccc1F. The molecule has 41 heavy (non-hydrogen) atoms.